The number of fused-ring (bicyclic) bond motifs is 3. The van der Waals surface area contributed by atoms with Crippen molar-refractivity contribution in [3.8, 4) is 11.1 Å². The standard InChI is InChI=1S/C26H30N2O5/c1-17(13-23(29)27-16-26(11-6-12-26)14-24(30)31)28-25(32)33-15-22-20-9-4-2-7-18(20)19-8-3-5-10-21(19)22/h2-5,7-10,17,22H,6,11-16H2,1H3,(H,27,29)(H,28,32)(H,30,31)/t17-/m0/s1. The summed E-state index contributed by atoms with van der Waals surface area (Å²) in [7, 11) is 0. The van der Waals surface area contributed by atoms with Crippen LogP contribution >= 0.6 is 0 Å². The van der Waals surface area contributed by atoms with Gasteiger partial charge in [-0.25, -0.2) is 4.79 Å². The number of carbonyl (C=O) groups is 3. The molecule has 1 saturated carbocycles. The van der Waals surface area contributed by atoms with Crippen LogP contribution in [0.5, 0.6) is 0 Å². The van der Waals surface area contributed by atoms with Crippen molar-refractivity contribution < 1.29 is 24.2 Å². The Balaban J connectivity index is 1.25. The van der Waals surface area contributed by atoms with E-state index in [9.17, 15) is 14.4 Å². The Labute approximate surface area is 193 Å². The summed E-state index contributed by atoms with van der Waals surface area (Å²) in [6, 6.07) is 15.9. The normalized spacial score (nSPS) is 16.6. The predicted molar refractivity (Wildman–Crippen MR) is 124 cm³/mol. The van der Waals surface area contributed by atoms with Crippen LogP contribution in [0.2, 0.25) is 0 Å². The summed E-state index contributed by atoms with van der Waals surface area (Å²) in [5.41, 5.74) is 4.29. The number of alkyl carbamates (subject to hydrolysis) is 1. The molecule has 0 spiro atoms. The summed E-state index contributed by atoms with van der Waals surface area (Å²) in [5.74, 6) is -1.07. The average Bonchev–Trinajstić information content (AvgIpc) is 3.07. The lowest BCUT2D eigenvalue weighted by atomic mass is 9.66. The quantitative estimate of drug-likeness (QED) is 0.534. The first-order chi connectivity index (χ1) is 15.9. The Morgan fingerprint density at radius 3 is 2.21 bits per heavy atom. The van der Waals surface area contributed by atoms with E-state index in [4.69, 9.17) is 9.84 Å². The molecule has 2 aromatic carbocycles. The van der Waals surface area contributed by atoms with Gasteiger partial charge in [0.25, 0.3) is 0 Å². The number of carbonyl (C=O) groups excluding carboxylic acids is 2. The zero-order chi connectivity index (χ0) is 23.4. The molecule has 2 aliphatic rings. The maximum absolute atomic E-state index is 12.4. The molecule has 1 atom stereocenters. The average molecular weight is 451 g/mol. The molecule has 0 radical (unpaired) electrons. The summed E-state index contributed by atoms with van der Waals surface area (Å²) >= 11 is 0. The molecule has 4 rings (SSSR count). The zero-order valence-electron chi connectivity index (χ0n) is 18.8. The van der Waals surface area contributed by atoms with Gasteiger partial charge in [-0.1, -0.05) is 55.0 Å². The van der Waals surface area contributed by atoms with Crippen molar-refractivity contribution in [3.05, 3.63) is 59.7 Å². The number of carboxylic acids is 1. The van der Waals surface area contributed by atoms with Gasteiger partial charge < -0.3 is 20.5 Å². The van der Waals surface area contributed by atoms with Crippen LogP contribution < -0.4 is 10.6 Å². The van der Waals surface area contributed by atoms with Crippen molar-refractivity contribution in [1.29, 1.82) is 0 Å². The van der Waals surface area contributed by atoms with E-state index in [-0.39, 0.29) is 36.7 Å². The summed E-state index contributed by atoms with van der Waals surface area (Å²) in [6.45, 7) is 2.32. The highest BCUT2D eigenvalue weighted by atomic mass is 16.5. The topological polar surface area (TPSA) is 105 Å². The first-order valence-electron chi connectivity index (χ1n) is 11.5. The van der Waals surface area contributed by atoms with Crippen molar-refractivity contribution in [2.24, 2.45) is 5.41 Å². The van der Waals surface area contributed by atoms with Crippen molar-refractivity contribution in [2.45, 2.75) is 51.0 Å². The second-order valence-electron chi connectivity index (χ2n) is 9.28. The monoisotopic (exact) mass is 450 g/mol. The van der Waals surface area contributed by atoms with Crippen LogP contribution in [0.25, 0.3) is 11.1 Å². The zero-order valence-corrected chi connectivity index (χ0v) is 18.8. The molecule has 0 unspecified atom stereocenters. The van der Waals surface area contributed by atoms with E-state index in [0.29, 0.717) is 6.54 Å². The lowest BCUT2D eigenvalue weighted by Crippen LogP contribution is -2.45. The minimum absolute atomic E-state index is 0.0188. The van der Waals surface area contributed by atoms with Crippen LogP contribution in [-0.2, 0) is 14.3 Å². The highest BCUT2D eigenvalue weighted by Crippen LogP contribution is 2.45. The number of ether oxygens (including phenoxy) is 1. The van der Waals surface area contributed by atoms with Gasteiger partial charge in [0.05, 0.1) is 6.42 Å². The van der Waals surface area contributed by atoms with Crippen molar-refractivity contribution >= 4 is 18.0 Å². The van der Waals surface area contributed by atoms with Gasteiger partial charge in [-0.05, 0) is 47.4 Å². The number of aliphatic carboxylic acids is 1. The fourth-order valence-corrected chi connectivity index (χ4v) is 4.94. The molecule has 33 heavy (non-hydrogen) atoms. The van der Waals surface area contributed by atoms with Gasteiger partial charge >= 0.3 is 12.1 Å². The van der Waals surface area contributed by atoms with Crippen molar-refractivity contribution in [2.75, 3.05) is 13.2 Å². The van der Waals surface area contributed by atoms with E-state index in [1.165, 1.54) is 11.1 Å². The molecule has 0 aliphatic heterocycles. The highest BCUT2D eigenvalue weighted by Gasteiger charge is 2.39. The van der Waals surface area contributed by atoms with Crippen molar-refractivity contribution in [1.82, 2.24) is 10.6 Å². The van der Waals surface area contributed by atoms with E-state index < -0.39 is 18.1 Å². The molecule has 174 valence electrons. The Bertz CT molecular complexity index is 1000. The number of hydrogen-bond acceptors (Lipinski definition) is 4. The second-order valence-corrected chi connectivity index (χ2v) is 9.28. The molecule has 0 heterocycles. The van der Waals surface area contributed by atoms with Crippen LogP contribution in [-0.4, -0.2) is 42.3 Å². The van der Waals surface area contributed by atoms with Crippen LogP contribution in [0.15, 0.2) is 48.5 Å². The van der Waals surface area contributed by atoms with Gasteiger partial charge in [0, 0.05) is 24.9 Å². The number of hydrogen-bond donors (Lipinski definition) is 3. The molecule has 2 aliphatic carbocycles. The van der Waals surface area contributed by atoms with E-state index in [0.717, 1.165) is 30.4 Å². The molecule has 3 N–H and O–H groups in total. The molecule has 2 aromatic rings. The third-order valence-corrected chi connectivity index (χ3v) is 6.80. The number of rotatable bonds is 9. The summed E-state index contributed by atoms with van der Waals surface area (Å²) < 4.78 is 5.53. The van der Waals surface area contributed by atoms with Gasteiger partial charge in [0.2, 0.25) is 5.91 Å². The lowest BCUT2D eigenvalue weighted by Gasteiger charge is -2.40. The Hall–Kier alpha value is -3.35. The fraction of sp³-hybridized carbons (Fsp3) is 0.423. The summed E-state index contributed by atoms with van der Waals surface area (Å²) in [5, 5.41) is 14.7. The molecule has 0 saturated heterocycles. The van der Waals surface area contributed by atoms with E-state index >= 15 is 0 Å². The van der Waals surface area contributed by atoms with E-state index in [1.807, 2.05) is 24.3 Å². The molecule has 1 fully saturated rings. The van der Waals surface area contributed by atoms with Crippen LogP contribution in [0, 0.1) is 5.41 Å². The summed E-state index contributed by atoms with van der Waals surface area (Å²) in [6.07, 6.45) is 2.23. The first kappa shape index (κ1) is 22.8. The van der Waals surface area contributed by atoms with Crippen LogP contribution in [0.3, 0.4) is 0 Å². The maximum atomic E-state index is 12.4. The molecule has 0 bridgehead atoms. The molecule has 0 aromatic heterocycles. The number of carboxylic acid groups (broad SMARTS) is 1. The smallest absolute Gasteiger partial charge is 0.407 e. The van der Waals surface area contributed by atoms with Gasteiger partial charge in [-0.15, -0.1) is 0 Å². The van der Waals surface area contributed by atoms with Crippen molar-refractivity contribution in [3.63, 3.8) is 0 Å². The summed E-state index contributed by atoms with van der Waals surface area (Å²) in [4.78, 5) is 35.7. The van der Waals surface area contributed by atoms with E-state index in [2.05, 4.69) is 34.9 Å². The van der Waals surface area contributed by atoms with Gasteiger partial charge in [-0.3, -0.25) is 9.59 Å². The first-order valence-corrected chi connectivity index (χ1v) is 11.5. The molecular weight excluding hydrogens is 420 g/mol. The number of nitrogens with one attached hydrogen (secondary N) is 2. The minimum Gasteiger partial charge on any atom is -0.481 e. The minimum atomic E-state index is -0.839. The fourth-order valence-electron chi connectivity index (χ4n) is 4.94. The van der Waals surface area contributed by atoms with Gasteiger partial charge in [0.1, 0.15) is 6.61 Å². The number of amides is 2. The molecule has 7 nitrogen and oxygen atoms in total. The SMILES string of the molecule is C[C@@H](CC(=O)NCC1(CC(=O)O)CCC1)NC(=O)OCC1c2ccccc2-c2ccccc21. The van der Waals surface area contributed by atoms with Gasteiger partial charge in [-0.2, -0.15) is 0 Å². The third-order valence-electron chi connectivity index (χ3n) is 6.80. The maximum Gasteiger partial charge on any atom is 0.407 e. The van der Waals surface area contributed by atoms with E-state index in [1.54, 1.807) is 6.92 Å². The Morgan fingerprint density at radius 2 is 1.67 bits per heavy atom. The number of benzene rings is 2. The second kappa shape index (κ2) is 9.65. The highest BCUT2D eigenvalue weighted by molar-refractivity contribution is 5.79. The van der Waals surface area contributed by atoms with Crippen LogP contribution in [0.1, 0.15) is 56.1 Å². The lowest BCUT2D eigenvalue weighted by molar-refractivity contribution is -0.141. The Kier molecular flexibility index (Phi) is 6.67. The molecule has 7 heteroatoms. The largest absolute Gasteiger partial charge is 0.481 e. The van der Waals surface area contributed by atoms with Gasteiger partial charge in [0.15, 0.2) is 0 Å². The predicted octanol–water partition coefficient (Wildman–Crippen LogP) is 4.06. The third kappa shape index (κ3) is 5.18. The van der Waals surface area contributed by atoms with Crippen LogP contribution in [0.4, 0.5) is 4.79 Å². The Morgan fingerprint density at radius 1 is 1.06 bits per heavy atom. The molecular formula is C26H30N2O5. The molecule has 2 amide bonds.